The van der Waals surface area contributed by atoms with E-state index < -0.39 is 0 Å². The van der Waals surface area contributed by atoms with Gasteiger partial charge in [0.15, 0.2) is 0 Å². The smallest absolute Gasteiger partial charge is 0.258 e. The van der Waals surface area contributed by atoms with E-state index in [1.165, 1.54) is 11.1 Å². The van der Waals surface area contributed by atoms with Crippen LogP contribution in [0.5, 0.6) is 0 Å². The molecule has 3 aromatic carbocycles. The second kappa shape index (κ2) is 5.48. The summed E-state index contributed by atoms with van der Waals surface area (Å²) in [6.07, 6.45) is 0. The van der Waals surface area contributed by atoms with Gasteiger partial charge in [0.1, 0.15) is 0 Å². The van der Waals surface area contributed by atoms with Crippen LogP contribution in [0.3, 0.4) is 0 Å². The summed E-state index contributed by atoms with van der Waals surface area (Å²) in [6.45, 7) is 6.45. The normalized spacial score (nSPS) is 19.5. The molecule has 1 amide bonds. The number of carbonyl (C=O) groups excluding carboxylic acids is 1. The van der Waals surface area contributed by atoms with Gasteiger partial charge in [-0.3, -0.25) is 4.79 Å². The first kappa shape index (κ1) is 14.9. The molecule has 1 aliphatic heterocycles. The maximum Gasteiger partial charge on any atom is 0.258 e. The number of hydrogen-bond donors (Lipinski definition) is 0. The molecule has 0 fully saturated rings. The number of rotatable bonds is 1. The zero-order chi connectivity index (χ0) is 16.8. The molecule has 0 saturated carbocycles. The number of nitrogens with zero attached hydrogens (tertiary/aromatic N) is 1. The molecule has 0 spiro atoms. The molecule has 2 unspecified atom stereocenters. The van der Waals surface area contributed by atoms with E-state index in [1.807, 2.05) is 35.2 Å². The summed E-state index contributed by atoms with van der Waals surface area (Å²) in [4.78, 5) is 15.2. The molecule has 0 aliphatic carbocycles. The lowest BCUT2D eigenvalue weighted by Crippen LogP contribution is -2.36. The second-order valence-corrected chi connectivity index (χ2v) is 6.83. The molecule has 0 N–H and O–H groups in total. The number of benzene rings is 3. The molecule has 2 nitrogen and oxygen atoms in total. The highest BCUT2D eigenvalue weighted by atomic mass is 16.2. The zero-order valence-electron chi connectivity index (χ0n) is 14.3. The third-order valence-corrected chi connectivity index (χ3v) is 5.28. The summed E-state index contributed by atoms with van der Waals surface area (Å²) in [6, 6.07) is 20.7. The number of aryl methyl sites for hydroxylation is 1. The summed E-state index contributed by atoms with van der Waals surface area (Å²) in [5, 5.41) is 2.26. The number of amides is 1. The van der Waals surface area contributed by atoms with Crippen molar-refractivity contribution in [3.8, 4) is 0 Å². The maximum absolute atomic E-state index is 13.2. The van der Waals surface area contributed by atoms with Crippen molar-refractivity contribution in [2.75, 3.05) is 4.90 Å². The molecular formula is C22H21NO. The number of fused-ring (bicyclic) bond motifs is 2. The standard InChI is InChI=1S/C22H21NO/c1-14-8-11-21-20(12-14)15(2)16(3)23(21)22(24)19-10-9-17-6-4-5-7-18(17)13-19/h4-13,15-16H,1-3H3. The van der Waals surface area contributed by atoms with E-state index in [0.29, 0.717) is 5.92 Å². The van der Waals surface area contributed by atoms with Crippen LogP contribution < -0.4 is 4.90 Å². The molecule has 4 rings (SSSR count). The van der Waals surface area contributed by atoms with Crippen LogP contribution in [-0.4, -0.2) is 11.9 Å². The van der Waals surface area contributed by atoms with Gasteiger partial charge >= 0.3 is 0 Å². The van der Waals surface area contributed by atoms with Crippen LogP contribution >= 0.6 is 0 Å². The Bertz CT molecular complexity index is 944. The Labute approximate surface area is 142 Å². The lowest BCUT2D eigenvalue weighted by atomic mass is 9.97. The van der Waals surface area contributed by atoms with Crippen LogP contribution in [0.2, 0.25) is 0 Å². The van der Waals surface area contributed by atoms with Crippen molar-refractivity contribution in [3.05, 3.63) is 77.4 Å². The molecule has 2 atom stereocenters. The minimum absolute atomic E-state index is 0.0858. The SMILES string of the molecule is Cc1ccc2c(c1)C(C)C(C)N2C(=O)c1ccc2ccccc2c1. The average molecular weight is 315 g/mol. The van der Waals surface area contributed by atoms with Crippen LogP contribution in [0.4, 0.5) is 5.69 Å². The fourth-order valence-electron chi connectivity index (χ4n) is 3.72. The van der Waals surface area contributed by atoms with E-state index in [4.69, 9.17) is 0 Å². The minimum Gasteiger partial charge on any atom is -0.305 e. The monoisotopic (exact) mass is 315 g/mol. The van der Waals surface area contributed by atoms with Crippen LogP contribution in [-0.2, 0) is 0 Å². The van der Waals surface area contributed by atoms with Crippen molar-refractivity contribution in [3.63, 3.8) is 0 Å². The van der Waals surface area contributed by atoms with Gasteiger partial charge in [-0.05, 0) is 48.4 Å². The molecular weight excluding hydrogens is 294 g/mol. The van der Waals surface area contributed by atoms with Crippen molar-refractivity contribution in [1.82, 2.24) is 0 Å². The molecule has 2 heteroatoms. The van der Waals surface area contributed by atoms with Crippen LogP contribution in [0, 0.1) is 6.92 Å². The van der Waals surface area contributed by atoms with E-state index in [9.17, 15) is 4.79 Å². The van der Waals surface area contributed by atoms with Gasteiger partial charge in [0.2, 0.25) is 0 Å². The summed E-state index contributed by atoms with van der Waals surface area (Å²) < 4.78 is 0. The average Bonchev–Trinajstić information content (AvgIpc) is 2.85. The Hall–Kier alpha value is -2.61. The molecule has 0 saturated heterocycles. The molecule has 0 aromatic heterocycles. The lowest BCUT2D eigenvalue weighted by Gasteiger charge is -2.24. The first-order valence-corrected chi connectivity index (χ1v) is 8.49. The van der Waals surface area contributed by atoms with E-state index in [0.717, 1.165) is 22.0 Å². The summed E-state index contributed by atoms with van der Waals surface area (Å²) in [5.74, 6) is 0.437. The third-order valence-electron chi connectivity index (χ3n) is 5.28. The molecule has 3 aromatic rings. The fraction of sp³-hybridized carbons (Fsp3) is 0.227. The first-order valence-electron chi connectivity index (χ1n) is 8.49. The van der Waals surface area contributed by atoms with E-state index in [-0.39, 0.29) is 11.9 Å². The summed E-state index contributed by atoms with van der Waals surface area (Å²) >= 11 is 0. The Kier molecular flexibility index (Phi) is 3.42. The zero-order valence-corrected chi connectivity index (χ0v) is 14.3. The molecule has 1 heterocycles. The number of hydrogen-bond acceptors (Lipinski definition) is 1. The predicted molar refractivity (Wildman–Crippen MR) is 99.8 cm³/mol. The second-order valence-electron chi connectivity index (χ2n) is 6.83. The third kappa shape index (κ3) is 2.22. The predicted octanol–water partition coefficient (Wildman–Crippen LogP) is 5.30. The highest BCUT2D eigenvalue weighted by Gasteiger charge is 2.36. The van der Waals surface area contributed by atoms with Gasteiger partial charge in [-0.2, -0.15) is 0 Å². The molecule has 0 bridgehead atoms. The van der Waals surface area contributed by atoms with Crippen LogP contribution in [0.1, 0.15) is 41.3 Å². The molecule has 120 valence electrons. The summed E-state index contributed by atoms with van der Waals surface area (Å²) in [5.41, 5.74) is 4.32. The highest BCUT2D eigenvalue weighted by Crippen LogP contribution is 2.41. The van der Waals surface area contributed by atoms with Gasteiger partial charge in [-0.25, -0.2) is 0 Å². The Morgan fingerprint density at radius 2 is 1.67 bits per heavy atom. The lowest BCUT2D eigenvalue weighted by molar-refractivity contribution is 0.0979. The van der Waals surface area contributed by atoms with Crippen molar-refractivity contribution in [2.45, 2.75) is 32.7 Å². The largest absolute Gasteiger partial charge is 0.305 e. The molecule has 1 aliphatic rings. The topological polar surface area (TPSA) is 20.3 Å². The van der Waals surface area contributed by atoms with Gasteiger partial charge in [-0.15, -0.1) is 0 Å². The van der Waals surface area contributed by atoms with E-state index in [1.54, 1.807) is 0 Å². The Morgan fingerprint density at radius 1 is 0.917 bits per heavy atom. The van der Waals surface area contributed by atoms with E-state index >= 15 is 0 Å². The molecule has 24 heavy (non-hydrogen) atoms. The van der Waals surface area contributed by atoms with Crippen LogP contribution in [0.15, 0.2) is 60.7 Å². The quantitative estimate of drug-likeness (QED) is 0.596. The van der Waals surface area contributed by atoms with Gasteiger partial charge < -0.3 is 4.90 Å². The van der Waals surface area contributed by atoms with Crippen molar-refractivity contribution < 1.29 is 4.79 Å². The Balaban J connectivity index is 1.79. The van der Waals surface area contributed by atoms with Gasteiger partial charge in [0.05, 0.1) is 0 Å². The van der Waals surface area contributed by atoms with Crippen LogP contribution in [0.25, 0.3) is 10.8 Å². The van der Waals surface area contributed by atoms with Crippen molar-refractivity contribution in [2.24, 2.45) is 0 Å². The number of anilines is 1. The van der Waals surface area contributed by atoms with Gasteiger partial charge in [-0.1, -0.05) is 55.0 Å². The molecule has 0 radical (unpaired) electrons. The van der Waals surface area contributed by atoms with Crippen molar-refractivity contribution in [1.29, 1.82) is 0 Å². The minimum atomic E-state index is 0.0858. The Morgan fingerprint density at radius 3 is 2.46 bits per heavy atom. The van der Waals surface area contributed by atoms with E-state index in [2.05, 4.69) is 51.1 Å². The van der Waals surface area contributed by atoms with Gasteiger partial charge in [0.25, 0.3) is 5.91 Å². The van der Waals surface area contributed by atoms with Crippen molar-refractivity contribution >= 4 is 22.4 Å². The summed E-state index contributed by atoms with van der Waals surface area (Å²) in [7, 11) is 0. The van der Waals surface area contributed by atoms with Gasteiger partial charge in [0, 0.05) is 23.2 Å². The maximum atomic E-state index is 13.2. The fourth-order valence-corrected chi connectivity index (χ4v) is 3.72. The number of carbonyl (C=O) groups is 1. The first-order chi connectivity index (χ1) is 11.6. The highest BCUT2D eigenvalue weighted by molar-refractivity contribution is 6.09.